The van der Waals surface area contributed by atoms with Gasteiger partial charge in [-0.3, -0.25) is 10.1 Å². The minimum absolute atomic E-state index is 0.167. The van der Waals surface area contributed by atoms with Crippen LogP contribution in [-0.2, 0) is 9.53 Å². The van der Waals surface area contributed by atoms with E-state index in [9.17, 15) is 4.79 Å². The van der Waals surface area contributed by atoms with Crippen LogP contribution < -0.4 is 5.32 Å². The number of carbonyl (C=O) groups is 1. The molecule has 0 amide bonds. The number of esters is 1. The van der Waals surface area contributed by atoms with Crippen LogP contribution in [0.4, 0.5) is 0 Å². The number of nitrogens with zero attached hydrogens (tertiary/aromatic N) is 1. The monoisotopic (exact) mass is 270 g/mol. The van der Waals surface area contributed by atoms with Crippen molar-refractivity contribution in [2.45, 2.75) is 59.0 Å². The Morgan fingerprint density at radius 1 is 1.47 bits per heavy atom. The van der Waals surface area contributed by atoms with Crippen LogP contribution in [0.3, 0.4) is 0 Å². The van der Waals surface area contributed by atoms with Gasteiger partial charge in [0.25, 0.3) is 0 Å². The first-order valence-electron chi connectivity index (χ1n) is 7.27. The molecule has 0 aromatic carbocycles. The van der Waals surface area contributed by atoms with E-state index >= 15 is 0 Å². The molecule has 1 unspecified atom stereocenters. The quantitative estimate of drug-likeness (QED) is 0.750. The van der Waals surface area contributed by atoms with Crippen molar-refractivity contribution in [2.24, 2.45) is 5.41 Å². The largest absolute Gasteiger partial charge is 0.468 e. The van der Waals surface area contributed by atoms with Crippen molar-refractivity contribution in [3.05, 3.63) is 0 Å². The minimum Gasteiger partial charge on any atom is -0.468 e. The van der Waals surface area contributed by atoms with E-state index in [1.165, 1.54) is 13.5 Å². The average Bonchev–Trinajstić information content (AvgIpc) is 2.64. The fraction of sp³-hybridized carbons (Fsp3) is 0.933. The van der Waals surface area contributed by atoms with Crippen LogP contribution in [0.2, 0.25) is 0 Å². The summed E-state index contributed by atoms with van der Waals surface area (Å²) in [5.41, 5.74) is -0.178. The number of ether oxygens (including phenoxy) is 1. The third-order valence-electron chi connectivity index (χ3n) is 3.93. The first-order chi connectivity index (χ1) is 8.68. The molecule has 0 aliphatic carbocycles. The summed E-state index contributed by atoms with van der Waals surface area (Å²) in [6.45, 7) is 13.9. The first-order valence-corrected chi connectivity index (χ1v) is 7.27. The second kappa shape index (κ2) is 6.23. The third kappa shape index (κ3) is 4.77. The Bertz CT molecular complexity index is 315. The van der Waals surface area contributed by atoms with Gasteiger partial charge in [0.1, 0.15) is 5.54 Å². The Labute approximate surface area is 117 Å². The number of carbonyl (C=O) groups excluding carboxylic acids is 1. The van der Waals surface area contributed by atoms with Gasteiger partial charge in [-0.2, -0.15) is 0 Å². The maximum absolute atomic E-state index is 12.0. The van der Waals surface area contributed by atoms with Gasteiger partial charge in [-0.05, 0) is 45.6 Å². The van der Waals surface area contributed by atoms with Crippen molar-refractivity contribution in [1.29, 1.82) is 0 Å². The van der Waals surface area contributed by atoms with E-state index in [2.05, 4.69) is 37.9 Å². The van der Waals surface area contributed by atoms with Gasteiger partial charge in [-0.25, -0.2) is 0 Å². The van der Waals surface area contributed by atoms with Crippen molar-refractivity contribution < 1.29 is 9.53 Å². The molecule has 1 fully saturated rings. The van der Waals surface area contributed by atoms with Gasteiger partial charge in [-0.1, -0.05) is 13.8 Å². The standard InChI is InChI=1S/C15H30N2O2/c1-12(2)16-15(5,13(18)19-6)8-10-17-9-7-14(3,4)11-17/h12,16H,7-11H2,1-6H3. The van der Waals surface area contributed by atoms with Crippen LogP contribution >= 0.6 is 0 Å². The fourth-order valence-corrected chi connectivity index (χ4v) is 2.89. The molecular weight excluding hydrogens is 240 g/mol. The van der Waals surface area contributed by atoms with Gasteiger partial charge in [0.05, 0.1) is 7.11 Å². The Balaban J connectivity index is 2.56. The van der Waals surface area contributed by atoms with E-state index in [1.54, 1.807) is 0 Å². The summed E-state index contributed by atoms with van der Waals surface area (Å²) in [6, 6.07) is 0.263. The molecule has 1 aliphatic heterocycles. The lowest BCUT2D eigenvalue weighted by Gasteiger charge is -2.32. The van der Waals surface area contributed by atoms with Crippen molar-refractivity contribution in [2.75, 3.05) is 26.7 Å². The van der Waals surface area contributed by atoms with E-state index in [0.717, 1.165) is 26.1 Å². The van der Waals surface area contributed by atoms with Gasteiger partial charge in [-0.15, -0.1) is 0 Å². The number of methoxy groups -OCH3 is 1. The molecule has 1 saturated heterocycles. The van der Waals surface area contributed by atoms with Crippen molar-refractivity contribution in [3.63, 3.8) is 0 Å². The summed E-state index contributed by atoms with van der Waals surface area (Å²) in [5, 5.41) is 3.35. The second-order valence-corrected chi connectivity index (χ2v) is 7.06. The summed E-state index contributed by atoms with van der Waals surface area (Å²) in [4.78, 5) is 14.4. The maximum Gasteiger partial charge on any atom is 0.325 e. The van der Waals surface area contributed by atoms with Gasteiger partial charge in [0, 0.05) is 19.1 Å². The lowest BCUT2D eigenvalue weighted by Crippen LogP contribution is -2.54. The molecule has 0 saturated carbocycles. The van der Waals surface area contributed by atoms with Crippen LogP contribution in [-0.4, -0.2) is 49.2 Å². The highest BCUT2D eigenvalue weighted by atomic mass is 16.5. The van der Waals surface area contributed by atoms with Gasteiger partial charge in [0.2, 0.25) is 0 Å². The van der Waals surface area contributed by atoms with Crippen molar-refractivity contribution in [3.8, 4) is 0 Å². The summed E-state index contributed by atoms with van der Waals surface area (Å²) >= 11 is 0. The van der Waals surface area contributed by atoms with Crippen LogP contribution in [0.1, 0.15) is 47.5 Å². The Morgan fingerprint density at radius 3 is 2.53 bits per heavy atom. The molecule has 1 atom stereocenters. The lowest BCUT2D eigenvalue weighted by molar-refractivity contribution is -0.148. The molecule has 1 aliphatic rings. The molecule has 0 radical (unpaired) electrons. The maximum atomic E-state index is 12.0. The molecule has 19 heavy (non-hydrogen) atoms. The van der Waals surface area contributed by atoms with Gasteiger partial charge < -0.3 is 9.64 Å². The molecule has 4 heteroatoms. The molecular formula is C15H30N2O2. The molecule has 1 N–H and O–H groups in total. The lowest BCUT2D eigenvalue weighted by atomic mass is 9.93. The molecule has 0 aromatic heterocycles. The van der Waals surface area contributed by atoms with Crippen LogP contribution in [0.15, 0.2) is 0 Å². The third-order valence-corrected chi connectivity index (χ3v) is 3.93. The highest BCUT2D eigenvalue weighted by Gasteiger charge is 2.36. The second-order valence-electron chi connectivity index (χ2n) is 7.06. The van der Waals surface area contributed by atoms with Gasteiger partial charge >= 0.3 is 5.97 Å². The van der Waals surface area contributed by atoms with Crippen LogP contribution in [0, 0.1) is 5.41 Å². The fourth-order valence-electron chi connectivity index (χ4n) is 2.89. The molecule has 112 valence electrons. The normalized spacial score (nSPS) is 22.5. The average molecular weight is 270 g/mol. The van der Waals surface area contributed by atoms with Crippen LogP contribution in [0.5, 0.6) is 0 Å². The highest BCUT2D eigenvalue weighted by molar-refractivity contribution is 5.80. The number of likely N-dealkylation sites (tertiary alicyclic amines) is 1. The molecule has 0 aromatic rings. The molecule has 4 nitrogen and oxygen atoms in total. The zero-order chi connectivity index (χ0) is 14.7. The van der Waals surface area contributed by atoms with Gasteiger partial charge in [0.15, 0.2) is 0 Å². The number of hydrogen-bond donors (Lipinski definition) is 1. The molecule has 1 heterocycles. The SMILES string of the molecule is COC(=O)C(C)(CCN1CCC(C)(C)C1)NC(C)C. The predicted molar refractivity (Wildman–Crippen MR) is 78.1 cm³/mol. The van der Waals surface area contributed by atoms with Crippen molar-refractivity contribution >= 4 is 5.97 Å². The molecule has 0 bridgehead atoms. The van der Waals surface area contributed by atoms with E-state index < -0.39 is 5.54 Å². The Kier molecular flexibility index (Phi) is 5.39. The summed E-state index contributed by atoms with van der Waals surface area (Å²) in [7, 11) is 1.46. The van der Waals surface area contributed by atoms with E-state index in [1.807, 2.05) is 6.92 Å². The zero-order valence-corrected chi connectivity index (χ0v) is 13.4. The summed E-state index contributed by atoms with van der Waals surface area (Å²) in [5.74, 6) is -0.167. The Hall–Kier alpha value is -0.610. The number of nitrogens with one attached hydrogen (secondary N) is 1. The summed E-state index contributed by atoms with van der Waals surface area (Å²) in [6.07, 6.45) is 2.02. The van der Waals surface area contributed by atoms with E-state index in [4.69, 9.17) is 4.74 Å². The smallest absolute Gasteiger partial charge is 0.325 e. The molecule has 1 rings (SSSR count). The number of hydrogen-bond acceptors (Lipinski definition) is 4. The predicted octanol–water partition coefficient (Wildman–Crippen LogP) is 2.04. The van der Waals surface area contributed by atoms with Crippen molar-refractivity contribution in [1.82, 2.24) is 10.2 Å². The highest BCUT2D eigenvalue weighted by Crippen LogP contribution is 2.29. The number of rotatable bonds is 6. The van der Waals surface area contributed by atoms with Crippen LogP contribution in [0.25, 0.3) is 0 Å². The minimum atomic E-state index is -0.588. The topological polar surface area (TPSA) is 41.6 Å². The van der Waals surface area contributed by atoms with E-state index in [-0.39, 0.29) is 12.0 Å². The zero-order valence-electron chi connectivity index (χ0n) is 13.4. The van der Waals surface area contributed by atoms with E-state index in [0.29, 0.717) is 5.41 Å². The summed E-state index contributed by atoms with van der Waals surface area (Å²) < 4.78 is 4.95. The molecule has 0 spiro atoms. The first kappa shape index (κ1) is 16.4. The Morgan fingerprint density at radius 2 is 2.11 bits per heavy atom.